The van der Waals surface area contributed by atoms with Gasteiger partial charge < -0.3 is 0 Å². The first-order valence-corrected chi connectivity index (χ1v) is 10.2. The predicted octanol–water partition coefficient (Wildman–Crippen LogP) is 7.10. The van der Waals surface area contributed by atoms with Crippen molar-refractivity contribution in [2.24, 2.45) is 0 Å². The van der Waals surface area contributed by atoms with Crippen LogP contribution in [-0.4, -0.2) is 14.6 Å². The normalized spacial score (nSPS) is 11.2. The van der Waals surface area contributed by atoms with Crippen molar-refractivity contribution in [2.45, 2.75) is 0 Å². The molecule has 0 saturated carbocycles. The van der Waals surface area contributed by atoms with Crippen molar-refractivity contribution in [3.63, 3.8) is 0 Å². The summed E-state index contributed by atoms with van der Waals surface area (Å²) < 4.78 is 1.80. The molecule has 28 heavy (non-hydrogen) atoms. The Hall–Kier alpha value is -2.66. The molecule has 0 bridgehead atoms. The van der Waals surface area contributed by atoms with E-state index in [0.29, 0.717) is 10.0 Å². The van der Waals surface area contributed by atoms with Gasteiger partial charge >= 0.3 is 0 Å². The van der Waals surface area contributed by atoms with Gasteiger partial charge in [0.25, 0.3) is 0 Å². The Kier molecular flexibility index (Phi) is 4.40. The Morgan fingerprint density at radius 1 is 0.786 bits per heavy atom. The van der Waals surface area contributed by atoms with Gasteiger partial charge in [0.1, 0.15) is 5.01 Å². The molecule has 5 aromatic rings. The number of hydrogen-bond donors (Lipinski definition) is 0. The number of aromatic nitrogens is 3. The van der Waals surface area contributed by atoms with E-state index in [1.807, 2.05) is 36.5 Å². The summed E-state index contributed by atoms with van der Waals surface area (Å²) in [7, 11) is 0. The Morgan fingerprint density at radius 2 is 1.50 bits per heavy atom. The van der Waals surface area contributed by atoms with Crippen LogP contribution in [0.3, 0.4) is 0 Å². The first kappa shape index (κ1) is 17.4. The summed E-state index contributed by atoms with van der Waals surface area (Å²) >= 11 is 13.8. The molecular formula is C22H13Cl2N3S. The minimum atomic E-state index is 0.579. The Bertz CT molecular complexity index is 1240. The molecule has 0 saturated heterocycles. The van der Waals surface area contributed by atoms with E-state index < -0.39 is 0 Å². The van der Waals surface area contributed by atoms with Crippen LogP contribution in [0.5, 0.6) is 0 Å². The smallest absolute Gasteiger partial charge is 0.213 e. The summed E-state index contributed by atoms with van der Waals surface area (Å²) in [5.41, 5.74) is 5.09. The zero-order chi connectivity index (χ0) is 19.1. The van der Waals surface area contributed by atoms with Crippen LogP contribution in [0.1, 0.15) is 0 Å². The highest BCUT2D eigenvalue weighted by atomic mass is 35.5. The molecule has 0 fully saturated rings. The zero-order valence-electron chi connectivity index (χ0n) is 14.5. The lowest BCUT2D eigenvalue weighted by Crippen LogP contribution is -1.84. The van der Waals surface area contributed by atoms with Gasteiger partial charge in [-0.2, -0.15) is 5.10 Å². The largest absolute Gasteiger partial charge is 0.217 e. The molecule has 0 aliphatic carbocycles. The number of fused-ring (bicyclic) bond motifs is 1. The van der Waals surface area contributed by atoms with Crippen molar-refractivity contribution in [2.75, 3.05) is 0 Å². The maximum atomic E-state index is 6.30. The van der Waals surface area contributed by atoms with E-state index in [-0.39, 0.29) is 0 Å². The molecule has 3 nitrogen and oxygen atoms in total. The van der Waals surface area contributed by atoms with E-state index in [9.17, 15) is 0 Å². The average Bonchev–Trinajstić information content (AvgIpc) is 3.28. The standard InChI is InChI=1S/C22H13Cl2N3S/c23-17-10-11-18(19(24)12-17)20-13-27-22(25-20)28-21(26-27)16-8-6-15(7-9-16)14-4-2-1-3-5-14/h1-13H. The Balaban J connectivity index is 1.47. The SMILES string of the molecule is Clc1ccc(-c2cn3nc(-c4ccc(-c5ccccc5)cc4)sc3n2)c(Cl)c1. The number of nitrogens with zero attached hydrogens (tertiary/aromatic N) is 3. The second kappa shape index (κ2) is 7.06. The van der Waals surface area contributed by atoms with E-state index >= 15 is 0 Å². The molecule has 0 spiro atoms. The third-order valence-electron chi connectivity index (χ3n) is 4.49. The lowest BCUT2D eigenvalue weighted by atomic mass is 10.0. The minimum Gasteiger partial charge on any atom is -0.217 e. The van der Waals surface area contributed by atoms with Crippen LogP contribution in [0, 0.1) is 0 Å². The number of imidazole rings is 1. The van der Waals surface area contributed by atoms with Gasteiger partial charge in [-0.1, -0.05) is 89.1 Å². The average molecular weight is 422 g/mol. The predicted molar refractivity (Wildman–Crippen MR) is 117 cm³/mol. The van der Waals surface area contributed by atoms with Crippen molar-refractivity contribution in [3.8, 4) is 33.0 Å². The van der Waals surface area contributed by atoms with E-state index in [1.54, 1.807) is 21.9 Å². The van der Waals surface area contributed by atoms with Crippen LogP contribution in [-0.2, 0) is 0 Å². The van der Waals surface area contributed by atoms with Gasteiger partial charge in [0.2, 0.25) is 4.96 Å². The van der Waals surface area contributed by atoms with E-state index in [0.717, 1.165) is 26.8 Å². The maximum Gasteiger partial charge on any atom is 0.213 e. The summed E-state index contributed by atoms with van der Waals surface area (Å²) in [5, 5.41) is 6.79. The van der Waals surface area contributed by atoms with E-state index in [2.05, 4.69) is 46.5 Å². The van der Waals surface area contributed by atoms with Crippen molar-refractivity contribution < 1.29 is 0 Å². The topological polar surface area (TPSA) is 30.2 Å². The lowest BCUT2D eigenvalue weighted by molar-refractivity contribution is 0.978. The third kappa shape index (κ3) is 3.20. The molecule has 0 aliphatic heterocycles. The fraction of sp³-hybridized carbons (Fsp3) is 0. The number of rotatable bonds is 3. The van der Waals surface area contributed by atoms with Crippen LogP contribution in [0.15, 0.2) is 79.0 Å². The monoisotopic (exact) mass is 421 g/mol. The summed E-state index contributed by atoms with van der Waals surface area (Å²) in [6.45, 7) is 0. The maximum absolute atomic E-state index is 6.30. The second-order valence-electron chi connectivity index (χ2n) is 6.33. The molecule has 3 aromatic carbocycles. The fourth-order valence-electron chi connectivity index (χ4n) is 3.08. The molecule has 0 amide bonds. The Labute approximate surface area is 175 Å². The van der Waals surface area contributed by atoms with Crippen LogP contribution < -0.4 is 0 Å². The number of benzene rings is 3. The number of halogens is 2. The van der Waals surface area contributed by atoms with Gasteiger partial charge in [0, 0.05) is 16.1 Å². The lowest BCUT2D eigenvalue weighted by Gasteiger charge is -2.02. The van der Waals surface area contributed by atoms with Gasteiger partial charge in [-0.15, -0.1) is 0 Å². The minimum absolute atomic E-state index is 0.579. The van der Waals surface area contributed by atoms with Crippen molar-refractivity contribution >= 4 is 39.5 Å². The highest BCUT2D eigenvalue weighted by Crippen LogP contribution is 2.33. The van der Waals surface area contributed by atoms with Gasteiger partial charge in [0.05, 0.1) is 16.9 Å². The Morgan fingerprint density at radius 3 is 2.21 bits per heavy atom. The first-order valence-electron chi connectivity index (χ1n) is 8.65. The zero-order valence-corrected chi connectivity index (χ0v) is 16.8. The summed E-state index contributed by atoms with van der Waals surface area (Å²) in [6, 6.07) is 24.2. The summed E-state index contributed by atoms with van der Waals surface area (Å²) in [5.74, 6) is 0. The van der Waals surface area contributed by atoms with E-state index in [4.69, 9.17) is 23.2 Å². The van der Waals surface area contributed by atoms with Crippen LogP contribution >= 0.6 is 34.5 Å². The van der Waals surface area contributed by atoms with Gasteiger partial charge in [-0.25, -0.2) is 9.50 Å². The number of hydrogen-bond acceptors (Lipinski definition) is 3. The molecule has 0 atom stereocenters. The van der Waals surface area contributed by atoms with Crippen molar-refractivity contribution in [1.29, 1.82) is 0 Å². The highest BCUT2D eigenvalue weighted by molar-refractivity contribution is 7.19. The molecule has 0 radical (unpaired) electrons. The molecule has 0 N–H and O–H groups in total. The van der Waals surface area contributed by atoms with Gasteiger partial charge in [0.15, 0.2) is 0 Å². The van der Waals surface area contributed by atoms with Crippen molar-refractivity contribution in [3.05, 3.63) is 89.0 Å². The molecule has 5 rings (SSSR count). The fourth-order valence-corrected chi connectivity index (χ4v) is 4.47. The van der Waals surface area contributed by atoms with Crippen LogP contribution in [0.4, 0.5) is 0 Å². The first-order chi connectivity index (χ1) is 13.7. The molecule has 2 aromatic heterocycles. The highest BCUT2D eigenvalue weighted by Gasteiger charge is 2.13. The quantitative estimate of drug-likeness (QED) is 0.310. The molecular weight excluding hydrogens is 409 g/mol. The van der Waals surface area contributed by atoms with Crippen molar-refractivity contribution in [1.82, 2.24) is 14.6 Å². The molecule has 0 unspecified atom stereocenters. The molecule has 0 aliphatic rings. The molecule has 136 valence electrons. The molecule has 6 heteroatoms. The summed E-state index contributed by atoms with van der Waals surface area (Å²) in [4.78, 5) is 5.50. The summed E-state index contributed by atoms with van der Waals surface area (Å²) in [6.07, 6.45) is 1.89. The van der Waals surface area contributed by atoms with Gasteiger partial charge in [-0.3, -0.25) is 0 Å². The van der Waals surface area contributed by atoms with E-state index in [1.165, 1.54) is 11.1 Å². The van der Waals surface area contributed by atoms with Crippen LogP contribution in [0.2, 0.25) is 10.0 Å². The third-order valence-corrected chi connectivity index (χ3v) is 6.01. The van der Waals surface area contributed by atoms with Gasteiger partial charge in [-0.05, 0) is 29.3 Å². The second-order valence-corrected chi connectivity index (χ2v) is 8.13. The molecule has 2 heterocycles. The van der Waals surface area contributed by atoms with Crippen LogP contribution in [0.25, 0.3) is 37.9 Å².